The highest BCUT2D eigenvalue weighted by Crippen LogP contribution is 2.26. The minimum Gasteiger partial charge on any atom is -0.325 e. The normalized spacial score (nSPS) is 17.1. The lowest BCUT2D eigenvalue weighted by Crippen LogP contribution is -2.58. The lowest BCUT2D eigenvalue weighted by molar-refractivity contribution is -0.384. The van der Waals surface area contributed by atoms with Crippen LogP contribution in [0, 0.1) is 22.9 Å². The van der Waals surface area contributed by atoms with Gasteiger partial charge in [0.05, 0.1) is 10.6 Å². The number of anilines is 1. The number of benzene rings is 2. The minimum absolute atomic E-state index is 0.115. The summed E-state index contributed by atoms with van der Waals surface area (Å²) in [5, 5.41) is 10.7. The van der Waals surface area contributed by atoms with Crippen molar-refractivity contribution < 1.29 is 18.9 Å². The molecule has 27 heavy (non-hydrogen) atoms. The third kappa shape index (κ3) is 3.51. The van der Waals surface area contributed by atoms with Crippen LogP contribution >= 0.6 is 0 Å². The van der Waals surface area contributed by atoms with Crippen molar-refractivity contribution in [3.63, 3.8) is 0 Å². The third-order valence-electron chi connectivity index (χ3n) is 4.63. The number of halogens is 1. The zero-order valence-electron chi connectivity index (χ0n) is 14.9. The minimum atomic E-state index is -0.777. The van der Waals surface area contributed by atoms with E-state index < -0.39 is 22.7 Å². The molecule has 1 atom stereocenters. The number of non-ortho nitro benzene ring substituents is 1. The van der Waals surface area contributed by atoms with Crippen LogP contribution in [0.15, 0.2) is 42.5 Å². The molecule has 1 saturated heterocycles. The van der Waals surface area contributed by atoms with E-state index in [9.17, 15) is 24.1 Å². The van der Waals surface area contributed by atoms with Crippen LogP contribution in [0.5, 0.6) is 0 Å². The molecule has 7 nitrogen and oxygen atoms in total. The Morgan fingerprint density at radius 1 is 1.19 bits per heavy atom. The number of carbonyl (C=O) groups is 2. The second-order valence-electron chi connectivity index (χ2n) is 6.42. The Balaban J connectivity index is 1.80. The molecule has 140 valence electrons. The Morgan fingerprint density at radius 2 is 1.85 bits per heavy atom. The van der Waals surface area contributed by atoms with Crippen LogP contribution in [-0.2, 0) is 4.79 Å². The lowest BCUT2D eigenvalue weighted by atomic mass is 10.1. The molecule has 0 aliphatic carbocycles. The van der Waals surface area contributed by atoms with E-state index in [1.54, 1.807) is 19.1 Å². The van der Waals surface area contributed by atoms with Crippen molar-refractivity contribution in [2.75, 3.05) is 18.0 Å². The van der Waals surface area contributed by atoms with Crippen molar-refractivity contribution in [1.82, 2.24) is 4.90 Å². The van der Waals surface area contributed by atoms with Crippen molar-refractivity contribution in [3.05, 3.63) is 69.5 Å². The van der Waals surface area contributed by atoms with Gasteiger partial charge in [0.15, 0.2) is 0 Å². The molecule has 0 bridgehead atoms. The summed E-state index contributed by atoms with van der Waals surface area (Å²) in [6.45, 7) is 3.80. The highest BCUT2D eigenvalue weighted by Gasteiger charge is 2.36. The predicted molar refractivity (Wildman–Crippen MR) is 97.1 cm³/mol. The number of carbonyl (C=O) groups excluding carboxylic acids is 2. The zero-order valence-corrected chi connectivity index (χ0v) is 14.9. The Morgan fingerprint density at radius 3 is 2.48 bits per heavy atom. The van der Waals surface area contributed by atoms with Gasteiger partial charge in [0, 0.05) is 30.8 Å². The maximum atomic E-state index is 14.1. The molecule has 1 aliphatic heterocycles. The van der Waals surface area contributed by atoms with E-state index in [4.69, 9.17) is 0 Å². The van der Waals surface area contributed by atoms with Crippen molar-refractivity contribution in [2.24, 2.45) is 0 Å². The van der Waals surface area contributed by atoms with Crippen molar-refractivity contribution in [1.29, 1.82) is 0 Å². The maximum Gasteiger partial charge on any atom is 0.269 e. The van der Waals surface area contributed by atoms with Gasteiger partial charge in [-0.3, -0.25) is 19.7 Å². The molecule has 2 aromatic carbocycles. The van der Waals surface area contributed by atoms with Crippen molar-refractivity contribution in [3.8, 4) is 0 Å². The second-order valence-corrected chi connectivity index (χ2v) is 6.42. The monoisotopic (exact) mass is 371 g/mol. The van der Waals surface area contributed by atoms with Gasteiger partial charge in [-0.25, -0.2) is 4.39 Å². The number of amides is 2. The van der Waals surface area contributed by atoms with Gasteiger partial charge >= 0.3 is 0 Å². The molecular formula is C19H18FN3O4. The van der Waals surface area contributed by atoms with E-state index in [2.05, 4.69) is 0 Å². The molecule has 1 aliphatic rings. The molecule has 0 aromatic heterocycles. The summed E-state index contributed by atoms with van der Waals surface area (Å²) < 4.78 is 14.1. The number of nitro benzene ring substituents is 1. The molecule has 2 aromatic rings. The van der Waals surface area contributed by atoms with Crippen LogP contribution in [0.2, 0.25) is 0 Å². The summed E-state index contributed by atoms with van der Waals surface area (Å²) in [6, 6.07) is 9.00. The summed E-state index contributed by atoms with van der Waals surface area (Å²) >= 11 is 0. The highest BCUT2D eigenvalue weighted by molar-refractivity contribution is 6.03. The molecule has 0 radical (unpaired) electrons. The standard InChI is InChI=1S/C19H18FN3O4/c1-12-3-8-16(20)17(11-12)22-10-9-21(13(2)18(22)24)19(25)14-4-6-15(7-5-14)23(26)27/h3-8,11,13H,9-10H2,1-2H3/t13-/m0/s1. The van der Waals surface area contributed by atoms with Crippen LogP contribution in [0.1, 0.15) is 22.8 Å². The van der Waals surface area contributed by atoms with Crippen LogP contribution < -0.4 is 4.90 Å². The summed E-state index contributed by atoms with van der Waals surface area (Å²) in [5.41, 5.74) is 1.18. The number of aryl methyl sites for hydroxylation is 1. The number of piperazine rings is 1. The fourth-order valence-electron chi connectivity index (χ4n) is 3.11. The molecule has 0 spiro atoms. The van der Waals surface area contributed by atoms with Crippen molar-refractivity contribution in [2.45, 2.75) is 19.9 Å². The smallest absolute Gasteiger partial charge is 0.269 e. The first kappa shape index (κ1) is 18.5. The summed E-state index contributed by atoms with van der Waals surface area (Å²) in [6.07, 6.45) is 0. The molecule has 8 heteroatoms. The molecule has 1 heterocycles. The Kier molecular flexibility index (Phi) is 4.89. The summed E-state index contributed by atoms with van der Waals surface area (Å²) in [5.74, 6) is -1.26. The third-order valence-corrected chi connectivity index (χ3v) is 4.63. The molecule has 1 fully saturated rings. The first-order chi connectivity index (χ1) is 12.8. The molecule has 0 saturated carbocycles. The fraction of sp³-hybridized carbons (Fsp3) is 0.263. The average molecular weight is 371 g/mol. The Labute approximate surface area is 155 Å². The van der Waals surface area contributed by atoms with Gasteiger partial charge in [0.2, 0.25) is 5.91 Å². The fourth-order valence-corrected chi connectivity index (χ4v) is 3.11. The number of rotatable bonds is 3. The van der Waals surface area contributed by atoms with Crippen LogP contribution in [0.4, 0.5) is 15.8 Å². The van der Waals surface area contributed by atoms with E-state index in [0.29, 0.717) is 0 Å². The Bertz CT molecular complexity index is 914. The Hall–Kier alpha value is -3.29. The molecule has 2 amide bonds. The topological polar surface area (TPSA) is 83.8 Å². The van der Waals surface area contributed by atoms with E-state index in [1.165, 1.54) is 40.1 Å². The predicted octanol–water partition coefficient (Wildman–Crippen LogP) is 2.92. The van der Waals surface area contributed by atoms with E-state index >= 15 is 0 Å². The number of nitrogens with zero attached hydrogens (tertiary/aromatic N) is 3. The van der Waals surface area contributed by atoms with Gasteiger partial charge in [0.1, 0.15) is 11.9 Å². The lowest BCUT2D eigenvalue weighted by Gasteiger charge is -2.39. The zero-order chi connectivity index (χ0) is 19.7. The molecular weight excluding hydrogens is 353 g/mol. The number of hydrogen-bond acceptors (Lipinski definition) is 4. The average Bonchev–Trinajstić information content (AvgIpc) is 2.65. The summed E-state index contributed by atoms with van der Waals surface area (Å²) in [4.78, 5) is 38.4. The molecule has 0 unspecified atom stereocenters. The molecule has 0 N–H and O–H groups in total. The SMILES string of the molecule is Cc1ccc(F)c(N2CCN(C(=O)c3ccc([N+](=O)[O-])cc3)[C@@H](C)C2=O)c1. The van der Waals surface area contributed by atoms with Gasteiger partial charge in [0.25, 0.3) is 11.6 Å². The van der Waals surface area contributed by atoms with Crippen LogP contribution in [0.25, 0.3) is 0 Å². The first-order valence-corrected chi connectivity index (χ1v) is 8.42. The van der Waals surface area contributed by atoms with E-state index in [1.807, 2.05) is 6.92 Å². The van der Waals surface area contributed by atoms with Gasteiger partial charge in [-0.05, 0) is 43.7 Å². The molecule has 3 rings (SSSR count). The van der Waals surface area contributed by atoms with Crippen LogP contribution in [-0.4, -0.2) is 40.8 Å². The first-order valence-electron chi connectivity index (χ1n) is 8.42. The van der Waals surface area contributed by atoms with E-state index in [0.717, 1.165) is 5.56 Å². The van der Waals surface area contributed by atoms with Gasteiger partial charge < -0.3 is 9.80 Å². The largest absolute Gasteiger partial charge is 0.325 e. The van der Waals surface area contributed by atoms with E-state index in [-0.39, 0.29) is 35.9 Å². The second kappa shape index (κ2) is 7.14. The maximum absolute atomic E-state index is 14.1. The summed E-state index contributed by atoms with van der Waals surface area (Å²) in [7, 11) is 0. The number of nitro groups is 1. The highest BCUT2D eigenvalue weighted by atomic mass is 19.1. The van der Waals surface area contributed by atoms with Gasteiger partial charge in [-0.1, -0.05) is 6.07 Å². The number of hydrogen-bond donors (Lipinski definition) is 0. The quantitative estimate of drug-likeness (QED) is 0.613. The van der Waals surface area contributed by atoms with Crippen molar-refractivity contribution >= 4 is 23.2 Å². The van der Waals surface area contributed by atoms with Gasteiger partial charge in [-0.2, -0.15) is 0 Å². The van der Waals surface area contributed by atoms with Crippen LogP contribution in [0.3, 0.4) is 0 Å². The van der Waals surface area contributed by atoms with Gasteiger partial charge in [-0.15, -0.1) is 0 Å².